The molecule has 11 aromatic rings. The van der Waals surface area contributed by atoms with E-state index in [-0.39, 0.29) is 0 Å². The Balaban J connectivity index is 1.14. The van der Waals surface area contributed by atoms with Gasteiger partial charge in [-0.2, -0.15) is 5.26 Å². The van der Waals surface area contributed by atoms with Gasteiger partial charge in [-0.05, 0) is 214 Å². The van der Waals surface area contributed by atoms with E-state index in [0.717, 1.165) is 5.56 Å². The first-order chi connectivity index (χ1) is 31.1. The fourth-order valence-electron chi connectivity index (χ4n) is 15.4. The highest BCUT2D eigenvalue weighted by molar-refractivity contribution is 6.30. The van der Waals surface area contributed by atoms with Crippen molar-refractivity contribution in [1.29, 1.82) is 5.26 Å². The molecule has 4 bridgehead atoms. The summed E-state index contributed by atoms with van der Waals surface area (Å²) in [5.41, 5.74) is 27.4. The largest absolute Gasteiger partial charge is 0.308 e. The van der Waals surface area contributed by atoms with E-state index >= 15 is 0 Å². The summed E-state index contributed by atoms with van der Waals surface area (Å²) in [6.45, 7) is 13.6. The molecule has 64 heavy (non-hydrogen) atoms. The summed E-state index contributed by atoms with van der Waals surface area (Å²) >= 11 is 0. The summed E-state index contributed by atoms with van der Waals surface area (Å²) in [5.74, 6) is 2.14. The van der Waals surface area contributed by atoms with Crippen molar-refractivity contribution in [3.05, 3.63) is 134 Å². The van der Waals surface area contributed by atoms with Gasteiger partial charge in [-0.3, -0.25) is 4.98 Å². The van der Waals surface area contributed by atoms with Crippen LogP contribution in [0.4, 0.5) is 0 Å². The van der Waals surface area contributed by atoms with E-state index in [0.29, 0.717) is 23.7 Å². The molecule has 0 unspecified atom stereocenters. The van der Waals surface area contributed by atoms with E-state index in [2.05, 4.69) is 129 Å². The SMILES string of the molecule is Cc1cc(C)c(-c2cc3c4cc5c(cc4n4c6cnc7c(c6c(c2)c34)C2CCC7CC2)c2cc(-c3c(C)cc(C)cc3C)cc3c4c6c(c(C#N)cc4n5c23)C2CCC6CC2)c(C)c1. The predicted octanol–water partition coefficient (Wildman–Crippen LogP) is 15.9. The number of hydrogen-bond donors (Lipinski definition) is 0. The van der Waals surface area contributed by atoms with Crippen LogP contribution >= 0.6 is 0 Å². The molecule has 5 heterocycles. The van der Waals surface area contributed by atoms with Crippen LogP contribution in [0.5, 0.6) is 0 Å². The van der Waals surface area contributed by atoms with E-state index in [1.54, 1.807) is 5.56 Å². The summed E-state index contributed by atoms with van der Waals surface area (Å²) < 4.78 is 5.18. The smallest absolute Gasteiger partial charge is 0.0995 e. The van der Waals surface area contributed by atoms with Crippen LogP contribution < -0.4 is 0 Å². The molecule has 0 atom stereocenters. The molecular weight excluding hydrogens is 777 g/mol. The van der Waals surface area contributed by atoms with Gasteiger partial charge in [-0.25, -0.2) is 0 Å². The molecule has 5 aromatic heterocycles. The quantitative estimate of drug-likeness (QED) is 0.174. The topological polar surface area (TPSA) is 45.5 Å². The van der Waals surface area contributed by atoms with Crippen molar-refractivity contribution in [2.45, 2.75) is 117 Å². The lowest BCUT2D eigenvalue weighted by Crippen LogP contribution is -2.23. The molecule has 310 valence electrons. The molecule has 0 radical (unpaired) electrons. The Kier molecular flexibility index (Phi) is 6.75. The Labute approximate surface area is 372 Å². The number of hydrogen-bond acceptors (Lipinski definition) is 2. The van der Waals surface area contributed by atoms with Crippen molar-refractivity contribution in [3.8, 4) is 28.3 Å². The molecule has 0 aliphatic heterocycles. The van der Waals surface area contributed by atoms with Crippen molar-refractivity contribution >= 4 is 76.2 Å². The Hall–Kier alpha value is -6.44. The van der Waals surface area contributed by atoms with Crippen LogP contribution in [0.1, 0.15) is 136 Å². The van der Waals surface area contributed by atoms with Gasteiger partial charge in [0.1, 0.15) is 0 Å². The molecule has 2 saturated carbocycles. The van der Waals surface area contributed by atoms with Crippen molar-refractivity contribution in [2.24, 2.45) is 0 Å². The van der Waals surface area contributed by atoms with E-state index in [1.807, 2.05) is 0 Å². The molecule has 6 aromatic carbocycles. The predicted molar refractivity (Wildman–Crippen MR) is 265 cm³/mol. The molecule has 2 fully saturated rings. The molecule has 0 spiro atoms. The summed E-state index contributed by atoms with van der Waals surface area (Å²) in [7, 11) is 0. The molecule has 0 N–H and O–H groups in total. The minimum absolute atomic E-state index is 0.482. The fourth-order valence-corrected chi connectivity index (χ4v) is 15.4. The number of aromatic nitrogens is 3. The molecule has 0 amide bonds. The van der Waals surface area contributed by atoms with Crippen LogP contribution in [-0.4, -0.2) is 13.8 Å². The highest BCUT2D eigenvalue weighted by Gasteiger charge is 2.39. The highest BCUT2D eigenvalue weighted by Crippen LogP contribution is 2.57. The van der Waals surface area contributed by atoms with Crippen LogP contribution in [0, 0.1) is 52.9 Å². The first-order valence-electron chi connectivity index (χ1n) is 24.1. The Morgan fingerprint density at radius 2 is 0.891 bits per heavy atom. The van der Waals surface area contributed by atoms with Crippen LogP contribution in [0.2, 0.25) is 0 Å². The average molecular weight is 827 g/mol. The van der Waals surface area contributed by atoms with Gasteiger partial charge in [0.15, 0.2) is 0 Å². The molecular formula is C60H50N4. The van der Waals surface area contributed by atoms with Gasteiger partial charge >= 0.3 is 0 Å². The lowest BCUT2D eigenvalue weighted by atomic mass is 9.65. The highest BCUT2D eigenvalue weighted by atomic mass is 14.9. The van der Waals surface area contributed by atoms with Gasteiger partial charge in [0, 0.05) is 54.7 Å². The number of pyridine rings is 1. The third-order valence-electron chi connectivity index (χ3n) is 17.5. The average Bonchev–Trinajstić information content (AvgIpc) is 4.01. The third kappa shape index (κ3) is 4.28. The van der Waals surface area contributed by atoms with Gasteiger partial charge in [0.05, 0.1) is 50.9 Å². The minimum Gasteiger partial charge on any atom is -0.308 e. The zero-order chi connectivity index (χ0) is 42.8. The van der Waals surface area contributed by atoms with Gasteiger partial charge in [-0.1, -0.05) is 35.4 Å². The van der Waals surface area contributed by atoms with Crippen LogP contribution in [-0.2, 0) is 0 Å². The van der Waals surface area contributed by atoms with Crippen molar-refractivity contribution < 1.29 is 0 Å². The van der Waals surface area contributed by atoms with Crippen molar-refractivity contribution in [1.82, 2.24) is 13.8 Å². The first kappa shape index (κ1) is 36.0. The molecule has 6 aliphatic carbocycles. The minimum atomic E-state index is 0.482. The monoisotopic (exact) mass is 826 g/mol. The maximum Gasteiger partial charge on any atom is 0.0995 e. The van der Waals surface area contributed by atoms with Gasteiger partial charge in [0.25, 0.3) is 0 Å². The summed E-state index contributed by atoms with van der Waals surface area (Å²) in [4.78, 5) is 5.39. The van der Waals surface area contributed by atoms with E-state index in [9.17, 15) is 5.26 Å². The Morgan fingerprint density at radius 3 is 1.41 bits per heavy atom. The Bertz CT molecular complexity index is 3950. The van der Waals surface area contributed by atoms with Crippen molar-refractivity contribution in [3.63, 3.8) is 0 Å². The normalized spacial score (nSPS) is 20.5. The number of fused-ring (bicyclic) bond motifs is 16. The number of aryl methyl sites for hydroxylation is 6. The number of nitriles is 1. The summed E-state index contributed by atoms with van der Waals surface area (Å²) in [6, 6.07) is 29.6. The zero-order valence-electron chi connectivity index (χ0n) is 37.7. The zero-order valence-corrected chi connectivity index (χ0v) is 37.7. The molecule has 6 aliphatic rings. The first-order valence-corrected chi connectivity index (χ1v) is 24.1. The number of benzene rings is 6. The molecule has 4 nitrogen and oxygen atoms in total. The maximum atomic E-state index is 10.9. The van der Waals surface area contributed by atoms with Gasteiger partial charge in [0.2, 0.25) is 0 Å². The second-order valence-corrected chi connectivity index (χ2v) is 21.1. The lowest BCUT2D eigenvalue weighted by molar-refractivity contribution is 0.353. The van der Waals surface area contributed by atoms with Crippen LogP contribution in [0.15, 0.2) is 72.9 Å². The second-order valence-electron chi connectivity index (χ2n) is 21.1. The van der Waals surface area contributed by atoms with Crippen molar-refractivity contribution in [2.75, 3.05) is 0 Å². The number of rotatable bonds is 2. The lowest BCUT2D eigenvalue weighted by Gasteiger charge is -2.39. The van der Waals surface area contributed by atoms with E-state index in [1.165, 1.54) is 200 Å². The summed E-state index contributed by atoms with van der Waals surface area (Å²) in [5, 5.41) is 21.6. The fraction of sp³-hybridized carbons (Fsp3) is 0.300. The van der Waals surface area contributed by atoms with Crippen LogP contribution in [0.3, 0.4) is 0 Å². The van der Waals surface area contributed by atoms with Gasteiger partial charge < -0.3 is 8.80 Å². The number of nitrogens with zero attached hydrogens (tertiary/aromatic N) is 4. The maximum absolute atomic E-state index is 10.9. The van der Waals surface area contributed by atoms with E-state index in [4.69, 9.17) is 4.98 Å². The Morgan fingerprint density at radius 1 is 0.453 bits per heavy atom. The van der Waals surface area contributed by atoms with Crippen LogP contribution in [0.25, 0.3) is 98.4 Å². The van der Waals surface area contributed by atoms with E-state index < -0.39 is 0 Å². The standard InChI is InChI=1S/C60H50N4/c1-28-15-30(3)51(31(4)16-28)38-19-43-41-25-48-42(24-47(41)63-49-23-40(26-61)53-34-7-9-35(10-8-34)54(53)56(49)45(21-38)59(43)63)44-20-39(52-32(5)17-29(2)18-33(52)6)22-46-57-50(64(48)60(44)46)27-62-58-37-13-11-36(12-14-37)55(57)58/h15-25,27,34-37H,7-14H2,1-6H3. The second kappa shape index (κ2) is 12.0. The third-order valence-corrected chi connectivity index (χ3v) is 17.5. The molecule has 17 rings (SSSR count). The molecule has 4 heteroatoms. The summed E-state index contributed by atoms with van der Waals surface area (Å²) in [6.07, 6.45) is 12.2. The van der Waals surface area contributed by atoms with Gasteiger partial charge in [-0.15, -0.1) is 0 Å². The molecule has 0 saturated heterocycles.